The molecule has 17 heavy (non-hydrogen) atoms. The molecule has 0 saturated heterocycles. The fourth-order valence-corrected chi connectivity index (χ4v) is 1.48. The maximum atomic E-state index is 9.73. The highest BCUT2D eigenvalue weighted by atomic mass is 16.5. The molecule has 2 rings (SSSR count). The molecular formula is C12H16N2O3. The molecule has 2 aromatic rings. The van der Waals surface area contributed by atoms with Crippen molar-refractivity contribution in [1.82, 2.24) is 10.1 Å². The van der Waals surface area contributed by atoms with Gasteiger partial charge < -0.3 is 14.0 Å². The summed E-state index contributed by atoms with van der Waals surface area (Å²) >= 11 is 0. The Hall–Kier alpha value is -1.62. The standard InChI is InChI=1S/C12H16N2O3/c1-7(2)10(15)6-11-13-12(14-17-11)9-4-5-16-8(9)3/h4-5,7,10,15H,6H2,1-3H3. The number of aliphatic hydroxyl groups is 1. The summed E-state index contributed by atoms with van der Waals surface area (Å²) in [5.41, 5.74) is 0.819. The summed E-state index contributed by atoms with van der Waals surface area (Å²) in [5, 5.41) is 13.6. The lowest BCUT2D eigenvalue weighted by Gasteiger charge is -2.10. The Morgan fingerprint density at radius 2 is 2.18 bits per heavy atom. The fraction of sp³-hybridized carbons (Fsp3) is 0.500. The van der Waals surface area contributed by atoms with Crippen LogP contribution in [0.3, 0.4) is 0 Å². The average Bonchev–Trinajstić information content (AvgIpc) is 2.86. The number of aryl methyl sites for hydroxylation is 1. The summed E-state index contributed by atoms with van der Waals surface area (Å²) in [6.07, 6.45) is 1.50. The van der Waals surface area contributed by atoms with Crippen molar-refractivity contribution in [2.45, 2.75) is 33.3 Å². The largest absolute Gasteiger partial charge is 0.469 e. The van der Waals surface area contributed by atoms with Crippen molar-refractivity contribution in [2.24, 2.45) is 5.92 Å². The Bertz CT molecular complexity index is 487. The van der Waals surface area contributed by atoms with Crippen LogP contribution in [-0.2, 0) is 6.42 Å². The predicted molar refractivity (Wildman–Crippen MR) is 61.3 cm³/mol. The first-order valence-corrected chi connectivity index (χ1v) is 5.63. The Labute approximate surface area is 99.5 Å². The molecule has 0 amide bonds. The molecule has 92 valence electrons. The van der Waals surface area contributed by atoms with Crippen molar-refractivity contribution < 1.29 is 14.0 Å². The van der Waals surface area contributed by atoms with E-state index in [1.54, 1.807) is 12.3 Å². The monoisotopic (exact) mass is 236 g/mol. The Morgan fingerprint density at radius 3 is 2.76 bits per heavy atom. The molecular weight excluding hydrogens is 220 g/mol. The Balaban J connectivity index is 2.14. The zero-order valence-electron chi connectivity index (χ0n) is 10.2. The lowest BCUT2D eigenvalue weighted by molar-refractivity contribution is 0.116. The van der Waals surface area contributed by atoms with Crippen molar-refractivity contribution in [3.63, 3.8) is 0 Å². The first kappa shape index (κ1) is 11.9. The van der Waals surface area contributed by atoms with Crippen LogP contribution < -0.4 is 0 Å². The highest BCUT2D eigenvalue weighted by Crippen LogP contribution is 2.21. The molecule has 5 nitrogen and oxygen atoms in total. The number of aliphatic hydroxyl groups excluding tert-OH is 1. The van der Waals surface area contributed by atoms with Gasteiger partial charge in [-0.2, -0.15) is 4.98 Å². The van der Waals surface area contributed by atoms with Crippen LogP contribution in [0, 0.1) is 12.8 Å². The molecule has 0 aliphatic carbocycles. The molecule has 0 spiro atoms. The summed E-state index contributed by atoms with van der Waals surface area (Å²) in [5.74, 6) is 1.87. The van der Waals surface area contributed by atoms with Gasteiger partial charge in [0.1, 0.15) is 5.76 Å². The molecule has 0 aliphatic rings. The van der Waals surface area contributed by atoms with E-state index < -0.39 is 6.10 Å². The molecule has 0 aliphatic heterocycles. The second-order valence-electron chi connectivity index (χ2n) is 4.42. The molecule has 0 fully saturated rings. The van der Waals surface area contributed by atoms with Gasteiger partial charge in [0.15, 0.2) is 0 Å². The van der Waals surface area contributed by atoms with Crippen molar-refractivity contribution in [2.75, 3.05) is 0 Å². The number of hydrogen-bond donors (Lipinski definition) is 1. The van der Waals surface area contributed by atoms with E-state index in [1.165, 1.54) is 0 Å². The van der Waals surface area contributed by atoms with E-state index in [0.717, 1.165) is 11.3 Å². The van der Waals surface area contributed by atoms with E-state index in [0.29, 0.717) is 18.1 Å². The summed E-state index contributed by atoms with van der Waals surface area (Å²) in [4.78, 5) is 4.24. The zero-order valence-corrected chi connectivity index (χ0v) is 10.2. The van der Waals surface area contributed by atoms with Crippen LogP contribution in [0.25, 0.3) is 11.4 Å². The number of aromatic nitrogens is 2. The molecule has 0 bridgehead atoms. The number of nitrogens with zero attached hydrogens (tertiary/aromatic N) is 2. The van der Waals surface area contributed by atoms with Crippen LogP contribution in [-0.4, -0.2) is 21.4 Å². The van der Waals surface area contributed by atoms with E-state index in [4.69, 9.17) is 8.94 Å². The maximum absolute atomic E-state index is 9.73. The van der Waals surface area contributed by atoms with Crippen molar-refractivity contribution >= 4 is 0 Å². The fourth-order valence-electron chi connectivity index (χ4n) is 1.48. The lowest BCUT2D eigenvalue weighted by Crippen LogP contribution is -2.17. The molecule has 2 aromatic heterocycles. The number of hydrogen-bond acceptors (Lipinski definition) is 5. The van der Waals surface area contributed by atoms with Gasteiger partial charge in [0.25, 0.3) is 0 Å². The van der Waals surface area contributed by atoms with Gasteiger partial charge in [-0.15, -0.1) is 0 Å². The van der Waals surface area contributed by atoms with Gasteiger partial charge in [-0.05, 0) is 18.9 Å². The summed E-state index contributed by atoms with van der Waals surface area (Å²) < 4.78 is 10.3. The topological polar surface area (TPSA) is 72.3 Å². The van der Waals surface area contributed by atoms with Gasteiger partial charge in [-0.25, -0.2) is 0 Å². The van der Waals surface area contributed by atoms with Gasteiger partial charge in [0.05, 0.1) is 24.4 Å². The highest BCUT2D eigenvalue weighted by molar-refractivity contribution is 5.56. The second kappa shape index (κ2) is 4.71. The predicted octanol–water partition coefficient (Wildman–Crippen LogP) is 2.20. The Kier molecular flexibility index (Phi) is 3.28. The lowest BCUT2D eigenvalue weighted by atomic mass is 10.0. The average molecular weight is 236 g/mol. The molecule has 2 heterocycles. The highest BCUT2D eigenvalue weighted by Gasteiger charge is 2.17. The van der Waals surface area contributed by atoms with Gasteiger partial charge in [-0.1, -0.05) is 19.0 Å². The minimum absolute atomic E-state index is 0.168. The van der Waals surface area contributed by atoms with Crippen LogP contribution in [0.1, 0.15) is 25.5 Å². The van der Waals surface area contributed by atoms with E-state index in [2.05, 4.69) is 10.1 Å². The van der Waals surface area contributed by atoms with Crippen LogP contribution in [0.15, 0.2) is 21.3 Å². The second-order valence-corrected chi connectivity index (χ2v) is 4.42. The van der Waals surface area contributed by atoms with Gasteiger partial charge >= 0.3 is 0 Å². The number of rotatable bonds is 4. The summed E-state index contributed by atoms with van der Waals surface area (Å²) in [6, 6.07) is 1.79. The third-order valence-corrected chi connectivity index (χ3v) is 2.72. The molecule has 0 aromatic carbocycles. The SMILES string of the molecule is Cc1occc1-c1noc(CC(O)C(C)C)n1. The molecule has 0 radical (unpaired) electrons. The summed E-state index contributed by atoms with van der Waals surface area (Å²) in [7, 11) is 0. The minimum Gasteiger partial charge on any atom is -0.469 e. The van der Waals surface area contributed by atoms with E-state index in [9.17, 15) is 5.11 Å². The summed E-state index contributed by atoms with van der Waals surface area (Å²) in [6.45, 7) is 5.73. The van der Waals surface area contributed by atoms with Crippen LogP contribution in [0.4, 0.5) is 0 Å². The van der Waals surface area contributed by atoms with Crippen LogP contribution in [0.2, 0.25) is 0 Å². The minimum atomic E-state index is -0.464. The van der Waals surface area contributed by atoms with Crippen molar-refractivity contribution in [1.29, 1.82) is 0 Å². The number of furan rings is 1. The van der Waals surface area contributed by atoms with Crippen molar-refractivity contribution in [3.05, 3.63) is 24.0 Å². The molecule has 5 heteroatoms. The first-order valence-electron chi connectivity index (χ1n) is 5.63. The first-order chi connectivity index (χ1) is 8.08. The third kappa shape index (κ3) is 2.55. The van der Waals surface area contributed by atoms with Gasteiger partial charge in [-0.3, -0.25) is 0 Å². The van der Waals surface area contributed by atoms with E-state index in [1.807, 2.05) is 20.8 Å². The smallest absolute Gasteiger partial charge is 0.229 e. The molecule has 1 atom stereocenters. The van der Waals surface area contributed by atoms with Crippen LogP contribution >= 0.6 is 0 Å². The van der Waals surface area contributed by atoms with Crippen molar-refractivity contribution in [3.8, 4) is 11.4 Å². The molecule has 1 N–H and O–H groups in total. The zero-order chi connectivity index (χ0) is 12.4. The van der Waals surface area contributed by atoms with Gasteiger partial charge in [0, 0.05) is 0 Å². The van der Waals surface area contributed by atoms with Crippen LogP contribution in [0.5, 0.6) is 0 Å². The van der Waals surface area contributed by atoms with Gasteiger partial charge in [0.2, 0.25) is 11.7 Å². The maximum Gasteiger partial charge on any atom is 0.229 e. The molecule has 1 unspecified atom stereocenters. The quantitative estimate of drug-likeness (QED) is 0.881. The third-order valence-electron chi connectivity index (χ3n) is 2.72. The Morgan fingerprint density at radius 1 is 1.41 bits per heavy atom. The van der Waals surface area contributed by atoms with E-state index in [-0.39, 0.29) is 5.92 Å². The van der Waals surface area contributed by atoms with E-state index >= 15 is 0 Å². The molecule has 0 saturated carbocycles. The normalized spacial score (nSPS) is 13.2.